The highest BCUT2D eigenvalue weighted by Crippen LogP contribution is 2.22. The van der Waals surface area contributed by atoms with Crippen LogP contribution in [0.1, 0.15) is 35.9 Å². The zero-order valence-corrected chi connectivity index (χ0v) is 15.9. The first kappa shape index (κ1) is 17.8. The lowest BCUT2D eigenvalue weighted by Crippen LogP contribution is -2.14. The summed E-state index contributed by atoms with van der Waals surface area (Å²) in [6.45, 7) is 5.93. The Balaban J connectivity index is 1.62. The van der Waals surface area contributed by atoms with Crippen molar-refractivity contribution in [1.82, 2.24) is 24.7 Å². The zero-order chi connectivity index (χ0) is 19.7. The summed E-state index contributed by atoms with van der Waals surface area (Å²) < 4.78 is 1.82. The Morgan fingerprint density at radius 2 is 1.79 bits per heavy atom. The smallest absolute Gasteiger partial charge is 0.256 e. The van der Waals surface area contributed by atoms with E-state index in [1.54, 1.807) is 24.7 Å². The lowest BCUT2D eigenvalue weighted by atomic mass is 10.1. The summed E-state index contributed by atoms with van der Waals surface area (Å²) in [5, 5.41) is 7.97. The highest BCUT2D eigenvalue weighted by molar-refractivity contribution is 6.11. The van der Waals surface area contributed by atoms with Crippen LogP contribution in [0.25, 0.3) is 22.4 Å². The molecule has 0 unspecified atom stereocenters. The van der Waals surface area contributed by atoms with Crippen LogP contribution in [-0.2, 0) is 0 Å². The summed E-state index contributed by atoms with van der Waals surface area (Å²) in [7, 11) is 0. The first-order chi connectivity index (χ1) is 13.5. The van der Waals surface area contributed by atoms with Gasteiger partial charge in [-0.15, -0.1) is 0 Å². The van der Waals surface area contributed by atoms with Crippen molar-refractivity contribution in [2.24, 2.45) is 0 Å². The minimum absolute atomic E-state index is 0.154. The molecule has 0 aliphatic rings. The van der Waals surface area contributed by atoms with E-state index in [0.29, 0.717) is 22.7 Å². The molecule has 1 amide bonds. The molecule has 0 saturated carbocycles. The fourth-order valence-corrected chi connectivity index (χ4v) is 3.04. The Kier molecular flexibility index (Phi) is 4.57. The lowest BCUT2D eigenvalue weighted by Gasteiger charge is -2.09. The molecular formula is C21H20N6O. The van der Waals surface area contributed by atoms with Crippen molar-refractivity contribution in [1.29, 1.82) is 0 Å². The number of carbonyl (C=O) groups excluding carboxylic acids is 1. The van der Waals surface area contributed by atoms with Crippen molar-refractivity contribution >= 4 is 22.6 Å². The maximum atomic E-state index is 12.9. The molecule has 140 valence electrons. The third-order valence-electron chi connectivity index (χ3n) is 4.37. The first-order valence-corrected chi connectivity index (χ1v) is 9.06. The molecule has 4 rings (SSSR count). The number of aryl methyl sites for hydroxylation is 1. The number of nitrogens with one attached hydrogen (secondary N) is 1. The van der Waals surface area contributed by atoms with Gasteiger partial charge in [0.15, 0.2) is 11.5 Å². The van der Waals surface area contributed by atoms with E-state index in [0.717, 1.165) is 16.6 Å². The van der Waals surface area contributed by atoms with Crippen LogP contribution in [0.15, 0.2) is 55.0 Å². The Bertz CT molecular complexity index is 1130. The lowest BCUT2D eigenvalue weighted by molar-refractivity contribution is 0.102. The van der Waals surface area contributed by atoms with Gasteiger partial charge in [-0.3, -0.25) is 4.79 Å². The van der Waals surface area contributed by atoms with Gasteiger partial charge in [-0.2, -0.15) is 5.10 Å². The van der Waals surface area contributed by atoms with E-state index >= 15 is 0 Å². The largest absolute Gasteiger partial charge is 0.319 e. The molecule has 7 nitrogen and oxygen atoms in total. The van der Waals surface area contributed by atoms with E-state index in [4.69, 9.17) is 0 Å². The summed E-state index contributed by atoms with van der Waals surface area (Å²) in [5.41, 5.74) is 3.45. The number of pyridine rings is 1. The molecule has 0 spiro atoms. The Morgan fingerprint density at radius 3 is 2.46 bits per heavy atom. The van der Waals surface area contributed by atoms with Crippen molar-refractivity contribution < 1.29 is 4.79 Å². The second kappa shape index (κ2) is 7.19. The number of amides is 1. The Hall–Kier alpha value is -3.61. The Morgan fingerprint density at radius 1 is 1.07 bits per heavy atom. The molecule has 0 atom stereocenters. The topological polar surface area (TPSA) is 85.6 Å². The molecule has 3 heterocycles. The van der Waals surface area contributed by atoms with Crippen LogP contribution < -0.4 is 5.32 Å². The first-order valence-electron chi connectivity index (χ1n) is 9.06. The fourth-order valence-electron chi connectivity index (χ4n) is 3.04. The van der Waals surface area contributed by atoms with E-state index in [1.807, 2.05) is 55.8 Å². The van der Waals surface area contributed by atoms with Gasteiger partial charge in [0.1, 0.15) is 0 Å². The number of nitrogens with zero attached hydrogens (tertiary/aromatic N) is 5. The molecule has 0 fully saturated rings. The van der Waals surface area contributed by atoms with Gasteiger partial charge in [0.2, 0.25) is 0 Å². The molecule has 4 aromatic rings. The van der Waals surface area contributed by atoms with Gasteiger partial charge in [-0.1, -0.05) is 30.3 Å². The van der Waals surface area contributed by atoms with Crippen LogP contribution in [0.3, 0.4) is 0 Å². The van der Waals surface area contributed by atoms with Crippen molar-refractivity contribution in [3.63, 3.8) is 0 Å². The van der Waals surface area contributed by atoms with Crippen molar-refractivity contribution in [2.75, 3.05) is 5.32 Å². The average molecular weight is 372 g/mol. The monoisotopic (exact) mass is 372 g/mol. The van der Waals surface area contributed by atoms with Crippen LogP contribution in [-0.4, -0.2) is 30.6 Å². The van der Waals surface area contributed by atoms with Gasteiger partial charge in [0.25, 0.3) is 5.91 Å². The maximum Gasteiger partial charge on any atom is 0.256 e. The number of hydrogen-bond acceptors (Lipinski definition) is 5. The Labute approximate surface area is 162 Å². The van der Waals surface area contributed by atoms with Gasteiger partial charge >= 0.3 is 0 Å². The van der Waals surface area contributed by atoms with E-state index in [9.17, 15) is 4.79 Å². The predicted octanol–water partition coefficient (Wildman–Crippen LogP) is 4.03. The highest BCUT2D eigenvalue weighted by Gasteiger charge is 2.17. The van der Waals surface area contributed by atoms with E-state index in [2.05, 4.69) is 25.4 Å². The van der Waals surface area contributed by atoms with Crippen molar-refractivity contribution in [3.05, 3.63) is 66.2 Å². The van der Waals surface area contributed by atoms with Gasteiger partial charge in [-0.25, -0.2) is 19.6 Å². The second-order valence-electron chi connectivity index (χ2n) is 6.85. The molecule has 1 N–H and O–H groups in total. The number of fused-ring (bicyclic) bond motifs is 1. The van der Waals surface area contributed by atoms with Gasteiger partial charge in [0.05, 0.1) is 35.2 Å². The average Bonchev–Trinajstić information content (AvgIpc) is 3.12. The quantitative estimate of drug-likeness (QED) is 0.584. The second-order valence-corrected chi connectivity index (χ2v) is 6.85. The molecule has 28 heavy (non-hydrogen) atoms. The van der Waals surface area contributed by atoms with Crippen LogP contribution in [0.2, 0.25) is 0 Å². The SMILES string of the molecule is Cc1cc(C(=O)Nc2cnc(-c3ccccc3)nc2)c2cnn(C(C)C)c2n1. The highest BCUT2D eigenvalue weighted by atomic mass is 16.1. The van der Waals surface area contributed by atoms with Gasteiger partial charge in [-0.05, 0) is 26.8 Å². The number of rotatable bonds is 4. The number of anilines is 1. The number of hydrogen-bond donors (Lipinski definition) is 1. The van der Waals surface area contributed by atoms with E-state index < -0.39 is 0 Å². The van der Waals surface area contributed by atoms with Gasteiger partial charge in [0, 0.05) is 17.3 Å². The number of aromatic nitrogens is 5. The molecular weight excluding hydrogens is 352 g/mol. The van der Waals surface area contributed by atoms with Crippen LogP contribution in [0.4, 0.5) is 5.69 Å². The van der Waals surface area contributed by atoms with Crippen LogP contribution >= 0.6 is 0 Å². The summed E-state index contributed by atoms with van der Waals surface area (Å²) in [6, 6.07) is 11.6. The molecule has 0 saturated heterocycles. The molecule has 7 heteroatoms. The molecule has 3 aromatic heterocycles. The summed E-state index contributed by atoms with van der Waals surface area (Å²) in [4.78, 5) is 26.1. The molecule has 0 aliphatic carbocycles. The number of carbonyl (C=O) groups is 1. The standard InChI is InChI=1S/C21H20N6O/c1-13(2)27-20-18(12-24-27)17(9-14(3)25-20)21(28)26-16-10-22-19(23-11-16)15-7-5-4-6-8-15/h4-13H,1-3H3,(H,26,28). The molecule has 0 radical (unpaired) electrons. The fraction of sp³-hybridized carbons (Fsp3) is 0.190. The van der Waals surface area contributed by atoms with Crippen LogP contribution in [0.5, 0.6) is 0 Å². The van der Waals surface area contributed by atoms with Crippen molar-refractivity contribution in [3.8, 4) is 11.4 Å². The summed E-state index contributed by atoms with van der Waals surface area (Å²) >= 11 is 0. The molecule has 0 bridgehead atoms. The minimum Gasteiger partial charge on any atom is -0.319 e. The minimum atomic E-state index is -0.241. The maximum absolute atomic E-state index is 12.9. The normalized spacial score (nSPS) is 11.1. The third-order valence-corrected chi connectivity index (χ3v) is 4.37. The molecule has 1 aromatic carbocycles. The summed E-state index contributed by atoms with van der Waals surface area (Å²) in [5.74, 6) is 0.369. The summed E-state index contributed by atoms with van der Waals surface area (Å²) in [6.07, 6.45) is 4.90. The van der Waals surface area contributed by atoms with Gasteiger partial charge < -0.3 is 5.32 Å². The third kappa shape index (κ3) is 3.34. The van der Waals surface area contributed by atoms with E-state index in [1.165, 1.54) is 0 Å². The van der Waals surface area contributed by atoms with Crippen LogP contribution in [0, 0.1) is 6.92 Å². The van der Waals surface area contributed by atoms with Crippen molar-refractivity contribution in [2.45, 2.75) is 26.8 Å². The number of benzene rings is 1. The molecule has 0 aliphatic heterocycles. The predicted molar refractivity (Wildman–Crippen MR) is 108 cm³/mol. The van der Waals surface area contributed by atoms with E-state index in [-0.39, 0.29) is 11.9 Å². The zero-order valence-electron chi connectivity index (χ0n) is 15.9.